The maximum Gasteiger partial charge on any atom is 0.261 e. The van der Waals surface area contributed by atoms with Crippen LogP contribution in [0.25, 0.3) is 21.7 Å². The number of benzene rings is 2. The monoisotopic (exact) mass is 511 g/mol. The van der Waals surface area contributed by atoms with Crippen LogP contribution in [0.4, 0.5) is 0 Å². The average Bonchev–Trinajstić information content (AvgIpc) is 3.14. The van der Waals surface area contributed by atoms with Crippen molar-refractivity contribution in [1.29, 1.82) is 0 Å². The molecule has 8 nitrogen and oxygen atoms in total. The Balaban J connectivity index is 1.57. The summed E-state index contributed by atoms with van der Waals surface area (Å²) in [6, 6.07) is 11.5. The number of pyridine rings is 2. The first-order valence-electron chi connectivity index (χ1n) is 12.6. The molecule has 0 aliphatic carbocycles. The Labute approximate surface area is 219 Å². The minimum atomic E-state index is -0.535. The van der Waals surface area contributed by atoms with E-state index in [1.165, 1.54) is 16.4 Å². The van der Waals surface area contributed by atoms with E-state index in [1.54, 1.807) is 62.6 Å². The molecule has 0 bridgehead atoms. The van der Waals surface area contributed by atoms with Crippen LogP contribution in [0, 0.1) is 12.8 Å². The smallest absolute Gasteiger partial charge is 0.261 e. The van der Waals surface area contributed by atoms with E-state index in [0.717, 1.165) is 5.39 Å². The molecule has 0 spiro atoms. The Hall–Kier alpha value is -4.33. The van der Waals surface area contributed by atoms with Crippen LogP contribution in [-0.2, 0) is 7.05 Å². The van der Waals surface area contributed by atoms with E-state index >= 15 is 0 Å². The van der Waals surface area contributed by atoms with Crippen LogP contribution in [-0.4, -0.2) is 44.7 Å². The normalized spacial score (nSPS) is 14.0. The molecule has 0 fully saturated rings. The summed E-state index contributed by atoms with van der Waals surface area (Å²) in [5, 5.41) is 1.96. The first-order valence-corrected chi connectivity index (χ1v) is 12.6. The van der Waals surface area contributed by atoms with Gasteiger partial charge in [-0.3, -0.25) is 29.1 Å². The van der Waals surface area contributed by atoms with Crippen molar-refractivity contribution in [3.63, 3.8) is 0 Å². The zero-order chi connectivity index (χ0) is 27.3. The SMILES string of the molecule is CC(=O)c1cc2c3ccnc(C)c3c(=O)n(C)c2cc1OC[C@H](CC(C)C)N1C(=O)c2ccccc2C1=O. The van der Waals surface area contributed by atoms with Crippen molar-refractivity contribution in [3.05, 3.63) is 81.4 Å². The minimum Gasteiger partial charge on any atom is -0.491 e. The first kappa shape index (κ1) is 25.3. The maximum absolute atomic E-state index is 13.2. The Morgan fingerprint density at radius 2 is 1.66 bits per heavy atom. The van der Waals surface area contributed by atoms with Crippen LogP contribution in [0.15, 0.2) is 53.5 Å². The van der Waals surface area contributed by atoms with Gasteiger partial charge in [-0.05, 0) is 55.8 Å². The summed E-state index contributed by atoms with van der Waals surface area (Å²) in [4.78, 5) is 57.8. The molecule has 0 unspecified atom stereocenters. The van der Waals surface area contributed by atoms with Crippen molar-refractivity contribution in [3.8, 4) is 5.75 Å². The van der Waals surface area contributed by atoms with E-state index in [0.29, 0.717) is 50.8 Å². The number of nitrogens with zero attached hydrogens (tertiary/aromatic N) is 3. The molecule has 1 atom stereocenters. The van der Waals surface area contributed by atoms with Gasteiger partial charge in [-0.2, -0.15) is 0 Å². The van der Waals surface area contributed by atoms with Crippen LogP contribution in [0.2, 0.25) is 0 Å². The van der Waals surface area contributed by atoms with Gasteiger partial charge in [-0.1, -0.05) is 26.0 Å². The molecule has 2 aromatic heterocycles. The standard InChI is InChI=1S/C30H29N3O5/c1-16(2)12-19(33-28(35)21-8-6-7-9-22(21)29(33)36)15-38-26-14-25-24(13-23(26)18(4)34)20-10-11-31-17(3)27(20)30(37)32(25)5/h6-11,13-14,16,19H,12,15H2,1-5H3/t19-/m0/s1. The lowest BCUT2D eigenvalue weighted by atomic mass is 10.0. The molecule has 0 radical (unpaired) electrons. The van der Waals surface area contributed by atoms with Gasteiger partial charge in [0.05, 0.1) is 39.3 Å². The van der Waals surface area contributed by atoms with Gasteiger partial charge in [0.1, 0.15) is 12.4 Å². The number of rotatable bonds is 7. The van der Waals surface area contributed by atoms with E-state index in [-0.39, 0.29) is 35.7 Å². The lowest BCUT2D eigenvalue weighted by Gasteiger charge is -2.28. The Morgan fingerprint density at radius 1 is 1.00 bits per heavy atom. The highest BCUT2D eigenvalue weighted by atomic mass is 16.5. The predicted octanol–water partition coefficient (Wildman–Crippen LogP) is 4.69. The summed E-state index contributed by atoms with van der Waals surface area (Å²) < 4.78 is 7.74. The van der Waals surface area contributed by atoms with Crippen LogP contribution in [0.1, 0.15) is 64.0 Å². The molecule has 5 rings (SSSR count). The largest absolute Gasteiger partial charge is 0.491 e. The third-order valence-corrected chi connectivity index (χ3v) is 7.15. The number of Topliss-reactive ketones (excluding diaryl/α,β-unsaturated/α-hetero) is 1. The summed E-state index contributed by atoms with van der Waals surface area (Å²) in [7, 11) is 1.67. The van der Waals surface area contributed by atoms with E-state index in [1.807, 2.05) is 13.8 Å². The second kappa shape index (κ2) is 9.52. The first-order chi connectivity index (χ1) is 18.1. The molecule has 194 valence electrons. The third kappa shape index (κ3) is 4.06. The number of imide groups is 1. The highest BCUT2D eigenvalue weighted by molar-refractivity contribution is 6.21. The Bertz CT molecular complexity index is 1670. The molecule has 2 amide bonds. The van der Waals surface area contributed by atoms with Gasteiger partial charge < -0.3 is 9.30 Å². The lowest BCUT2D eigenvalue weighted by Crippen LogP contribution is -2.44. The highest BCUT2D eigenvalue weighted by Crippen LogP contribution is 2.32. The van der Waals surface area contributed by atoms with E-state index < -0.39 is 6.04 Å². The van der Waals surface area contributed by atoms with E-state index in [4.69, 9.17) is 4.74 Å². The van der Waals surface area contributed by atoms with Crippen LogP contribution in [0.3, 0.4) is 0 Å². The molecular formula is C30H29N3O5. The second-order valence-electron chi connectivity index (χ2n) is 10.2. The number of hydrogen-bond acceptors (Lipinski definition) is 6. The molecule has 8 heteroatoms. The number of amides is 2. The molecule has 0 N–H and O–H groups in total. The fourth-order valence-electron chi connectivity index (χ4n) is 5.31. The van der Waals surface area contributed by atoms with Crippen molar-refractivity contribution in [2.45, 2.75) is 40.2 Å². The number of fused-ring (bicyclic) bond motifs is 4. The van der Waals surface area contributed by atoms with Crippen molar-refractivity contribution in [2.24, 2.45) is 13.0 Å². The molecule has 1 aliphatic rings. The lowest BCUT2D eigenvalue weighted by molar-refractivity contribution is 0.0505. The van der Waals surface area contributed by atoms with E-state index in [9.17, 15) is 19.2 Å². The fourth-order valence-corrected chi connectivity index (χ4v) is 5.31. The number of aromatic nitrogens is 2. The molecule has 4 aromatic rings. The minimum absolute atomic E-state index is 0.0139. The summed E-state index contributed by atoms with van der Waals surface area (Å²) in [5.74, 6) is -0.405. The molecule has 38 heavy (non-hydrogen) atoms. The van der Waals surface area contributed by atoms with Gasteiger partial charge in [0.25, 0.3) is 17.4 Å². The topological polar surface area (TPSA) is 98.6 Å². The molecule has 3 heterocycles. The van der Waals surface area contributed by atoms with Gasteiger partial charge in [-0.25, -0.2) is 0 Å². The third-order valence-electron chi connectivity index (χ3n) is 7.15. The summed E-state index contributed by atoms with van der Waals surface area (Å²) >= 11 is 0. The number of aryl methyl sites for hydroxylation is 2. The van der Waals surface area contributed by atoms with E-state index in [2.05, 4.69) is 4.98 Å². The van der Waals surface area contributed by atoms with Gasteiger partial charge in [0.2, 0.25) is 0 Å². The van der Waals surface area contributed by atoms with Crippen molar-refractivity contribution in [1.82, 2.24) is 14.5 Å². The van der Waals surface area contributed by atoms with Gasteiger partial charge in [-0.15, -0.1) is 0 Å². The second-order valence-corrected chi connectivity index (χ2v) is 10.2. The zero-order valence-corrected chi connectivity index (χ0v) is 22.1. The van der Waals surface area contributed by atoms with Gasteiger partial charge in [0.15, 0.2) is 5.78 Å². The molecule has 0 saturated heterocycles. The predicted molar refractivity (Wildman–Crippen MR) is 145 cm³/mol. The van der Waals surface area contributed by atoms with Gasteiger partial charge >= 0.3 is 0 Å². The van der Waals surface area contributed by atoms with Crippen LogP contribution >= 0.6 is 0 Å². The average molecular weight is 512 g/mol. The van der Waals surface area contributed by atoms with Crippen molar-refractivity contribution in [2.75, 3.05) is 6.61 Å². The number of hydrogen-bond donors (Lipinski definition) is 0. The number of carbonyl (C=O) groups is 3. The Morgan fingerprint density at radius 3 is 2.26 bits per heavy atom. The number of ether oxygens (including phenoxy) is 1. The maximum atomic E-state index is 13.2. The summed E-state index contributed by atoms with van der Waals surface area (Å²) in [6.45, 7) is 7.29. The molecule has 1 aliphatic heterocycles. The summed E-state index contributed by atoms with van der Waals surface area (Å²) in [5.41, 5.74) is 2.16. The highest BCUT2D eigenvalue weighted by Gasteiger charge is 2.40. The quantitative estimate of drug-likeness (QED) is 0.203. The Kier molecular flexibility index (Phi) is 6.34. The van der Waals surface area contributed by atoms with Gasteiger partial charge in [0, 0.05) is 24.7 Å². The fraction of sp³-hybridized carbons (Fsp3) is 0.300. The van der Waals surface area contributed by atoms with Crippen molar-refractivity contribution < 1.29 is 19.1 Å². The number of ketones is 1. The summed E-state index contributed by atoms with van der Waals surface area (Å²) in [6.07, 6.45) is 2.18. The van der Waals surface area contributed by atoms with Crippen LogP contribution < -0.4 is 10.3 Å². The molecule has 0 saturated carbocycles. The molecular weight excluding hydrogens is 482 g/mol. The zero-order valence-electron chi connectivity index (χ0n) is 22.1. The molecule has 2 aromatic carbocycles. The van der Waals surface area contributed by atoms with Crippen molar-refractivity contribution >= 4 is 39.3 Å². The number of carbonyl (C=O) groups excluding carboxylic acids is 3. The van der Waals surface area contributed by atoms with Crippen LogP contribution in [0.5, 0.6) is 5.75 Å².